The lowest BCUT2D eigenvalue weighted by atomic mass is 9.97. The summed E-state index contributed by atoms with van der Waals surface area (Å²) in [5, 5.41) is 12.4. The van der Waals surface area contributed by atoms with Gasteiger partial charge in [-0.3, -0.25) is 14.7 Å². The Morgan fingerprint density at radius 3 is 2.78 bits per heavy atom. The summed E-state index contributed by atoms with van der Waals surface area (Å²) in [5.41, 5.74) is 0.170. The Labute approximate surface area is 210 Å². The van der Waals surface area contributed by atoms with Crippen molar-refractivity contribution in [2.75, 3.05) is 7.05 Å². The Morgan fingerprint density at radius 2 is 2.11 bits per heavy atom. The number of rotatable bonds is 6. The normalized spacial score (nSPS) is 22.0. The van der Waals surface area contributed by atoms with Crippen molar-refractivity contribution in [2.24, 2.45) is 10.9 Å². The number of likely N-dealkylation sites (tertiary alicyclic amines) is 1. The highest BCUT2D eigenvalue weighted by Gasteiger charge is 2.52. The first-order chi connectivity index (χ1) is 17.1. The Hall–Kier alpha value is -3.67. The van der Waals surface area contributed by atoms with Gasteiger partial charge in [-0.05, 0) is 69.7 Å². The number of carbonyl (C=O) groups excluding carboxylic acids is 2. The van der Waals surface area contributed by atoms with Crippen molar-refractivity contribution in [1.29, 1.82) is 5.26 Å². The smallest absolute Gasteiger partial charge is 0.411 e. The molecular weight excluding hydrogens is 463 g/mol. The van der Waals surface area contributed by atoms with E-state index in [9.17, 15) is 19.2 Å². The molecule has 2 aliphatic rings. The molecule has 190 valence electrons. The molecule has 1 aromatic carbocycles. The Bertz CT molecular complexity index is 1210. The molecule has 1 N–H and O–H groups in total. The predicted octanol–water partition coefficient (Wildman–Crippen LogP) is 4.47. The van der Waals surface area contributed by atoms with Gasteiger partial charge in [-0.2, -0.15) is 5.26 Å². The Balaban J connectivity index is 1.45. The fraction of sp³-hybridized carbons (Fsp3) is 0.481. The zero-order valence-corrected chi connectivity index (χ0v) is 21.0. The lowest BCUT2D eigenvalue weighted by Crippen LogP contribution is -2.55. The third kappa shape index (κ3) is 5.43. The summed E-state index contributed by atoms with van der Waals surface area (Å²) in [7, 11) is 1.63. The number of nitrogens with zero attached hydrogens (tertiary/aromatic N) is 3. The van der Waals surface area contributed by atoms with Crippen LogP contribution >= 0.6 is 0 Å². The van der Waals surface area contributed by atoms with Crippen molar-refractivity contribution in [1.82, 2.24) is 10.2 Å². The molecule has 4 rings (SSSR count). The van der Waals surface area contributed by atoms with E-state index in [0.29, 0.717) is 22.6 Å². The standard InChI is InChI=1S/C27H31FN4O4/c1-27(2,3)36-26(34)32-20-8-7-18(12-20)24(32)25(33)31-19(14-29)11-16-5-6-17(13-22(16)28)23-10-9-21(35-23)15-30-4/h5-6,9-10,13,15,18-20,24H,7-8,11-12H2,1-4H3,(H,31,33)/b30-15+/t18-,19-,20+,24-/m0/s1. The molecular formula is C27H31FN4O4. The van der Waals surface area contributed by atoms with E-state index in [1.807, 2.05) is 0 Å². The Kier molecular flexibility index (Phi) is 7.16. The number of hydrogen-bond acceptors (Lipinski definition) is 6. The highest BCUT2D eigenvalue weighted by Crippen LogP contribution is 2.43. The van der Waals surface area contributed by atoms with Crippen LogP contribution in [0, 0.1) is 23.1 Å². The van der Waals surface area contributed by atoms with Crippen molar-refractivity contribution < 1.29 is 23.1 Å². The van der Waals surface area contributed by atoms with Crippen molar-refractivity contribution in [2.45, 2.75) is 70.2 Å². The van der Waals surface area contributed by atoms with Gasteiger partial charge in [0, 0.05) is 25.1 Å². The van der Waals surface area contributed by atoms with Crippen LogP contribution in [0.15, 0.2) is 39.7 Å². The summed E-state index contributed by atoms with van der Waals surface area (Å²) in [6.07, 6.45) is 3.45. The second-order valence-electron chi connectivity index (χ2n) is 10.3. The van der Waals surface area contributed by atoms with Gasteiger partial charge in [0.1, 0.15) is 35.0 Å². The van der Waals surface area contributed by atoms with Crippen LogP contribution in [0.5, 0.6) is 0 Å². The van der Waals surface area contributed by atoms with Crippen molar-refractivity contribution in [3.63, 3.8) is 0 Å². The zero-order valence-electron chi connectivity index (χ0n) is 21.0. The molecule has 0 spiro atoms. The predicted molar refractivity (Wildman–Crippen MR) is 132 cm³/mol. The maximum atomic E-state index is 14.9. The number of piperidine rings is 1. The highest BCUT2D eigenvalue weighted by molar-refractivity contribution is 5.87. The fourth-order valence-corrected chi connectivity index (χ4v) is 5.08. The Morgan fingerprint density at radius 1 is 1.33 bits per heavy atom. The van der Waals surface area contributed by atoms with Gasteiger partial charge in [0.2, 0.25) is 5.91 Å². The number of halogens is 1. The lowest BCUT2D eigenvalue weighted by Gasteiger charge is -2.35. The lowest BCUT2D eigenvalue weighted by molar-refractivity contribution is -0.128. The van der Waals surface area contributed by atoms with Crippen LogP contribution in [0.3, 0.4) is 0 Å². The number of benzene rings is 1. The molecule has 1 aliphatic carbocycles. The van der Waals surface area contributed by atoms with Gasteiger partial charge in [0.15, 0.2) is 0 Å². The molecule has 1 saturated carbocycles. The topological polar surface area (TPSA) is 108 Å². The molecule has 2 bridgehead atoms. The van der Waals surface area contributed by atoms with Gasteiger partial charge >= 0.3 is 6.09 Å². The van der Waals surface area contributed by atoms with Gasteiger partial charge in [-0.25, -0.2) is 9.18 Å². The van der Waals surface area contributed by atoms with Gasteiger partial charge in [-0.15, -0.1) is 0 Å². The number of fused-ring (bicyclic) bond motifs is 2. The van der Waals surface area contributed by atoms with Gasteiger partial charge in [-0.1, -0.05) is 12.1 Å². The monoisotopic (exact) mass is 494 g/mol. The third-order valence-electron chi connectivity index (χ3n) is 6.58. The quantitative estimate of drug-likeness (QED) is 0.596. The molecule has 2 amide bonds. The summed E-state index contributed by atoms with van der Waals surface area (Å²) in [5.74, 6) is 0.176. The summed E-state index contributed by atoms with van der Waals surface area (Å²) >= 11 is 0. The zero-order chi connectivity index (χ0) is 26.0. The van der Waals surface area contributed by atoms with E-state index < -0.39 is 35.5 Å². The van der Waals surface area contributed by atoms with Crippen LogP contribution in [-0.2, 0) is 16.0 Å². The molecule has 1 aliphatic heterocycles. The minimum atomic E-state index is -0.951. The first kappa shape index (κ1) is 25.4. The fourth-order valence-electron chi connectivity index (χ4n) is 5.08. The number of aliphatic imine (C=N–C) groups is 1. The van der Waals surface area contributed by atoms with E-state index in [1.54, 1.807) is 58.3 Å². The van der Waals surface area contributed by atoms with Crippen LogP contribution in [-0.4, -0.2) is 53.9 Å². The SMILES string of the molecule is C/N=C/c1ccc(-c2ccc(C[C@@H](C#N)NC(=O)[C@@H]3[C@H]4CC[C@H](C4)N3C(=O)OC(C)(C)C)c(F)c2)o1. The van der Waals surface area contributed by atoms with E-state index in [-0.39, 0.29) is 18.4 Å². The second-order valence-corrected chi connectivity index (χ2v) is 10.3. The largest absolute Gasteiger partial charge is 0.455 e. The number of nitriles is 1. The number of ether oxygens (including phenoxy) is 1. The van der Waals surface area contributed by atoms with Crippen molar-refractivity contribution in [3.8, 4) is 17.4 Å². The van der Waals surface area contributed by atoms with Gasteiger partial charge in [0.25, 0.3) is 0 Å². The number of amides is 2. The summed E-state index contributed by atoms with van der Waals surface area (Å²) < 4.78 is 26.1. The number of nitrogens with one attached hydrogen (secondary N) is 1. The first-order valence-corrected chi connectivity index (χ1v) is 12.1. The van der Waals surface area contributed by atoms with Crippen LogP contribution in [0.25, 0.3) is 11.3 Å². The van der Waals surface area contributed by atoms with Crippen LogP contribution in [0.1, 0.15) is 51.4 Å². The molecule has 2 aromatic rings. The van der Waals surface area contributed by atoms with Gasteiger partial charge in [0.05, 0.1) is 12.3 Å². The maximum Gasteiger partial charge on any atom is 0.411 e. The van der Waals surface area contributed by atoms with Crippen molar-refractivity contribution in [3.05, 3.63) is 47.5 Å². The summed E-state index contributed by atoms with van der Waals surface area (Å²) in [6, 6.07) is 8.48. The van der Waals surface area contributed by atoms with E-state index >= 15 is 0 Å². The van der Waals surface area contributed by atoms with Crippen LogP contribution in [0.2, 0.25) is 0 Å². The van der Waals surface area contributed by atoms with E-state index in [1.165, 1.54) is 11.0 Å². The third-order valence-corrected chi connectivity index (χ3v) is 6.58. The number of carbonyl (C=O) groups is 2. The molecule has 4 atom stereocenters. The molecule has 2 heterocycles. The maximum absolute atomic E-state index is 14.9. The number of furan rings is 1. The number of hydrogen-bond donors (Lipinski definition) is 1. The molecule has 36 heavy (non-hydrogen) atoms. The van der Waals surface area contributed by atoms with Crippen LogP contribution in [0.4, 0.5) is 9.18 Å². The molecule has 8 nitrogen and oxygen atoms in total. The van der Waals surface area contributed by atoms with E-state index in [2.05, 4.69) is 16.4 Å². The summed E-state index contributed by atoms with van der Waals surface area (Å²) in [4.78, 5) is 31.5. The molecule has 0 radical (unpaired) electrons. The van der Waals surface area contributed by atoms with E-state index in [4.69, 9.17) is 9.15 Å². The average Bonchev–Trinajstić information content (AvgIpc) is 3.55. The highest BCUT2D eigenvalue weighted by atomic mass is 19.1. The minimum absolute atomic E-state index is 0.00645. The molecule has 0 unspecified atom stereocenters. The molecule has 1 saturated heterocycles. The minimum Gasteiger partial charge on any atom is -0.455 e. The van der Waals surface area contributed by atoms with Crippen molar-refractivity contribution >= 4 is 18.2 Å². The van der Waals surface area contributed by atoms with Gasteiger partial charge < -0.3 is 14.5 Å². The average molecular weight is 495 g/mol. The van der Waals surface area contributed by atoms with E-state index in [0.717, 1.165) is 19.3 Å². The summed E-state index contributed by atoms with van der Waals surface area (Å²) in [6.45, 7) is 5.35. The molecule has 2 fully saturated rings. The first-order valence-electron chi connectivity index (χ1n) is 12.1. The van der Waals surface area contributed by atoms with Crippen LogP contribution < -0.4 is 5.32 Å². The second kappa shape index (κ2) is 10.1. The molecule has 1 aromatic heterocycles. The molecule has 9 heteroatoms.